The quantitative estimate of drug-likeness (QED) is 0.865. The molecule has 0 aliphatic carbocycles. The standard InChI is InChI=1S/C15H18F2N2O2/c16-15(17)20-13-5-4-12(8-14(13)21-15)19-10-2-1-3-11(19)7-9(18)6-10/h4-5,8-11H,1-3,6-7,18H2. The molecule has 2 atom stereocenters. The first-order valence-corrected chi connectivity index (χ1v) is 7.46. The number of alkyl halides is 2. The Kier molecular flexibility index (Phi) is 2.79. The van der Waals surface area contributed by atoms with E-state index in [9.17, 15) is 8.78 Å². The summed E-state index contributed by atoms with van der Waals surface area (Å²) in [5.74, 6) is 0.216. The predicted molar refractivity (Wildman–Crippen MR) is 73.8 cm³/mol. The maximum absolute atomic E-state index is 13.1. The van der Waals surface area contributed by atoms with Crippen molar-refractivity contribution >= 4 is 5.69 Å². The molecule has 0 spiro atoms. The molecule has 1 aromatic rings. The summed E-state index contributed by atoms with van der Waals surface area (Å²) in [6, 6.07) is 6.11. The van der Waals surface area contributed by atoms with Crippen LogP contribution in [0.3, 0.4) is 0 Å². The molecule has 2 bridgehead atoms. The van der Waals surface area contributed by atoms with E-state index in [2.05, 4.69) is 14.4 Å². The van der Waals surface area contributed by atoms with Gasteiger partial charge in [-0.3, -0.25) is 0 Å². The van der Waals surface area contributed by atoms with Gasteiger partial charge in [-0.1, -0.05) is 0 Å². The molecule has 0 aromatic heterocycles. The lowest BCUT2D eigenvalue weighted by molar-refractivity contribution is -0.286. The Balaban J connectivity index is 1.65. The van der Waals surface area contributed by atoms with Gasteiger partial charge in [-0.15, -0.1) is 8.78 Å². The molecule has 2 N–H and O–H groups in total. The largest absolute Gasteiger partial charge is 0.586 e. The first kappa shape index (κ1) is 13.1. The number of fused-ring (bicyclic) bond motifs is 3. The molecule has 2 saturated heterocycles. The van der Waals surface area contributed by atoms with E-state index in [1.54, 1.807) is 12.1 Å². The van der Waals surface area contributed by atoms with Crippen LogP contribution in [-0.2, 0) is 0 Å². The molecule has 0 saturated carbocycles. The van der Waals surface area contributed by atoms with Crippen molar-refractivity contribution in [1.29, 1.82) is 0 Å². The minimum Gasteiger partial charge on any atom is -0.395 e. The summed E-state index contributed by atoms with van der Waals surface area (Å²) in [6.07, 6.45) is 1.79. The smallest absolute Gasteiger partial charge is 0.395 e. The van der Waals surface area contributed by atoms with E-state index >= 15 is 0 Å². The van der Waals surface area contributed by atoms with Crippen LogP contribution in [0.15, 0.2) is 18.2 Å². The van der Waals surface area contributed by atoms with Gasteiger partial charge in [0, 0.05) is 29.9 Å². The van der Waals surface area contributed by atoms with Gasteiger partial charge in [-0.2, -0.15) is 0 Å². The maximum atomic E-state index is 13.1. The second-order valence-corrected chi connectivity index (χ2v) is 6.18. The number of rotatable bonds is 1. The number of piperidine rings is 2. The van der Waals surface area contributed by atoms with Crippen molar-refractivity contribution in [1.82, 2.24) is 0 Å². The van der Waals surface area contributed by atoms with Gasteiger partial charge in [-0.25, -0.2) is 0 Å². The second-order valence-electron chi connectivity index (χ2n) is 6.18. The molecule has 4 nitrogen and oxygen atoms in total. The Morgan fingerprint density at radius 1 is 1.10 bits per heavy atom. The van der Waals surface area contributed by atoms with Crippen LogP contribution in [0.1, 0.15) is 32.1 Å². The normalized spacial score (nSPS) is 33.1. The van der Waals surface area contributed by atoms with Crippen molar-refractivity contribution in [2.24, 2.45) is 5.73 Å². The molecular weight excluding hydrogens is 278 g/mol. The summed E-state index contributed by atoms with van der Waals surface area (Å²) in [4.78, 5) is 2.34. The lowest BCUT2D eigenvalue weighted by Gasteiger charge is -2.49. The molecule has 0 radical (unpaired) electrons. The van der Waals surface area contributed by atoms with Crippen LogP contribution in [0, 0.1) is 0 Å². The van der Waals surface area contributed by atoms with Crippen molar-refractivity contribution in [3.05, 3.63) is 18.2 Å². The van der Waals surface area contributed by atoms with Crippen molar-refractivity contribution in [3.63, 3.8) is 0 Å². The van der Waals surface area contributed by atoms with Crippen LogP contribution in [0.5, 0.6) is 11.5 Å². The fourth-order valence-corrected chi connectivity index (χ4v) is 3.94. The topological polar surface area (TPSA) is 47.7 Å². The molecule has 21 heavy (non-hydrogen) atoms. The molecule has 0 amide bonds. The SMILES string of the molecule is NC1CC2CCCC(C1)N2c1ccc2c(c1)OC(F)(F)O2. The number of hydrogen-bond donors (Lipinski definition) is 1. The predicted octanol–water partition coefficient (Wildman–Crippen LogP) is 2.86. The summed E-state index contributed by atoms with van der Waals surface area (Å²) in [7, 11) is 0. The van der Waals surface area contributed by atoms with E-state index < -0.39 is 6.29 Å². The van der Waals surface area contributed by atoms with Gasteiger partial charge in [-0.05, 0) is 44.2 Å². The monoisotopic (exact) mass is 296 g/mol. The molecule has 4 rings (SSSR count). The highest BCUT2D eigenvalue weighted by Crippen LogP contribution is 2.45. The number of hydrogen-bond acceptors (Lipinski definition) is 4. The van der Waals surface area contributed by atoms with E-state index in [0.29, 0.717) is 12.1 Å². The number of nitrogens with two attached hydrogens (primary N) is 1. The lowest BCUT2D eigenvalue weighted by atomic mass is 9.81. The summed E-state index contributed by atoms with van der Waals surface area (Å²) < 4.78 is 35.3. The van der Waals surface area contributed by atoms with Gasteiger partial charge in [0.15, 0.2) is 11.5 Å². The third kappa shape index (κ3) is 2.21. The Morgan fingerprint density at radius 2 is 1.76 bits per heavy atom. The minimum atomic E-state index is -3.55. The zero-order valence-electron chi connectivity index (χ0n) is 11.6. The number of ether oxygens (including phenoxy) is 2. The molecule has 114 valence electrons. The highest BCUT2D eigenvalue weighted by Gasteiger charge is 2.44. The van der Waals surface area contributed by atoms with Crippen LogP contribution >= 0.6 is 0 Å². The van der Waals surface area contributed by atoms with Crippen molar-refractivity contribution < 1.29 is 18.3 Å². The second kappa shape index (κ2) is 4.47. The zero-order chi connectivity index (χ0) is 14.6. The molecule has 2 unspecified atom stereocenters. The molecule has 3 heterocycles. The lowest BCUT2D eigenvalue weighted by Crippen LogP contribution is -2.55. The third-order valence-electron chi connectivity index (χ3n) is 4.69. The van der Waals surface area contributed by atoms with Crippen molar-refractivity contribution in [2.75, 3.05) is 4.90 Å². The first-order chi connectivity index (χ1) is 10.0. The van der Waals surface area contributed by atoms with Crippen LogP contribution in [0.2, 0.25) is 0 Å². The maximum Gasteiger partial charge on any atom is 0.586 e. The highest BCUT2D eigenvalue weighted by atomic mass is 19.3. The fourth-order valence-electron chi connectivity index (χ4n) is 3.94. The van der Waals surface area contributed by atoms with Crippen LogP contribution in [0.4, 0.5) is 14.5 Å². The van der Waals surface area contributed by atoms with Gasteiger partial charge in [0.05, 0.1) is 0 Å². The van der Waals surface area contributed by atoms with Crippen LogP contribution < -0.4 is 20.1 Å². The number of benzene rings is 1. The number of anilines is 1. The van der Waals surface area contributed by atoms with Gasteiger partial charge in [0.2, 0.25) is 0 Å². The molecule has 3 aliphatic heterocycles. The van der Waals surface area contributed by atoms with Crippen LogP contribution in [0.25, 0.3) is 0 Å². The third-order valence-corrected chi connectivity index (χ3v) is 4.69. The van der Waals surface area contributed by atoms with Gasteiger partial charge in [0.1, 0.15) is 0 Å². The summed E-state index contributed by atoms with van der Waals surface area (Å²) in [6.45, 7) is 0. The van der Waals surface area contributed by atoms with Gasteiger partial charge >= 0.3 is 6.29 Å². The van der Waals surface area contributed by atoms with Gasteiger partial charge < -0.3 is 20.1 Å². The molecule has 6 heteroatoms. The fraction of sp³-hybridized carbons (Fsp3) is 0.600. The Labute approximate surface area is 121 Å². The highest BCUT2D eigenvalue weighted by molar-refractivity contribution is 5.59. The number of halogens is 2. The summed E-state index contributed by atoms with van der Waals surface area (Å²) in [5, 5.41) is 0. The average Bonchev–Trinajstić information content (AvgIpc) is 2.70. The Hall–Kier alpha value is -1.56. The average molecular weight is 296 g/mol. The summed E-state index contributed by atoms with van der Waals surface area (Å²) >= 11 is 0. The van der Waals surface area contributed by atoms with Crippen molar-refractivity contribution in [2.45, 2.75) is 56.5 Å². The first-order valence-electron chi connectivity index (χ1n) is 7.46. The van der Waals surface area contributed by atoms with E-state index in [4.69, 9.17) is 5.73 Å². The molecule has 3 aliphatic rings. The van der Waals surface area contributed by atoms with Crippen molar-refractivity contribution in [3.8, 4) is 11.5 Å². The molecule has 1 aromatic carbocycles. The van der Waals surface area contributed by atoms with E-state index in [-0.39, 0.29) is 17.5 Å². The molecular formula is C15H18F2N2O2. The van der Waals surface area contributed by atoms with E-state index in [1.165, 1.54) is 6.42 Å². The van der Waals surface area contributed by atoms with Gasteiger partial charge in [0.25, 0.3) is 0 Å². The molecule has 2 fully saturated rings. The Morgan fingerprint density at radius 3 is 2.48 bits per heavy atom. The zero-order valence-corrected chi connectivity index (χ0v) is 11.6. The van der Waals surface area contributed by atoms with E-state index in [1.807, 2.05) is 6.07 Å². The Bertz CT molecular complexity index is 553. The number of nitrogens with zero attached hydrogens (tertiary/aromatic N) is 1. The summed E-state index contributed by atoms with van der Waals surface area (Å²) in [5.41, 5.74) is 7.05. The minimum absolute atomic E-state index is 0.0996. The van der Waals surface area contributed by atoms with Crippen LogP contribution in [-0.4, -0.2) is 24.4 Å². The van der Waals surface area contributed by atoms with E-state index in [0.717, 1.165) is 31.4 Å².